The molecule has 7 heteroatoms. The van der Waals surface area contributed by atoms with E-state index in [9.17, 15) is 13.2 Å². The fraction of sp³-hybridized carbons (Fsp3) is 0.152. The van der Waals surface area contributed by atoms with E-state index in [1.165, 1.54) is 0 Å². The van der Waals surface area contributed by atoms with Crippen LogP contribution in [0.5, 0.6) is 17.2 Å². The predicted molar refractivity (Wildman–Crippen MR) is 155 cm³/mol. The monoisotopic (exact) mass is 560 g/mol. The maximum absolute atomic E-state index is 13.5. The molecule has 5 rings (SSSR count). The highest BCUT2D eigenvalue weighted by Gasteiger charge is 2.37. The summed E-state index contributed by atoms with van der Waals surface area (Å²) in [4.78, 5) is 1.93. The number of methoxy groups -OCH3 is 3. The quantitative estimate of drug-likeness (QED) is 0.226. The van der Waals surface area contributed by atoms with Gasteiger partial charge in [0, 0.05) is 9.81 Å². The third kappa shape index (κ3) is 5.47. The van der Waals surface area contributed by atoms with Crippen LogP contribution in [0.1, 0.15) is 27.8 Å². The van der Waals surface area contributed by atoms with Crippen molar-refractivity contribution in [2.45, 2.75) is 11.6 Å². The Morgan fingerprint density at radius 1 is 0.525 bits per heavy atom. The highest BCUT2D eigenvalue weighted by molar-refractivity contribution is 8.16. The van der Waals surface area contributed by atoms with Crippen molar-refractivity contribution < 1.29 is 27.4 Å². The van der Waals surface area contributed by atoms with Crippen LogP contribution >= 0.6 is 11.8 Å². The van der Waals surface area contributed by atoms with E-state index in [4.69, 9.17) is 14.2 Å². The number of rotatable bonds is 7. The van der Waals surface area contributed by atoms with Gasteiger partial charge in [-0.15, -0.1) is 0 Å². The largest absolute Gasteiger partial charge is 0.497 e. The molecule has 1 aliphatic heterocycles. The van der Waals surface area contributed by atoms with Gasteiger partial charge < -0.3 is 14.2 Å². The Bertz CT molecular complexity index is 1460. The van der Waals surface area contributed by atoms with Crippen LogP contribution in [0.25, 0.3) is 9.81 Å². The Kier molecular flexibility index (Phi) is 7.68. The first kappa shape index (κ1) is 27.5. The van der Waals surface area contributed by atoms with Gasteiger partial charge in [0.25, 0.3) is 0 Å². The lowest BCUT2D eigenvalue weighted by molar-refractivity contribution is -0.137. The molecule has 4 aromatic rings. The molecule has 0 aliphatic carbocycles. The first-order chi connectivity index (χ1) is 19.3. The Labute approximate surface area is 235 Å². The van der Waals surface area contributed by atoms with E-state index in [0.29, 0.717) is 11.3 Å². The lowest BCUT2D eigenvalue weighted by atomic mass is 9.73. The normalized spacial score (nSPS) is 14.7. The summed E-state index contributed by atoms with van der Waals surface area (Å²) < 4.78 is 56.6. The summed E-state index contributed by atoms with van der Waals surface area (Å²) in [6, 6.07) is 28.6. The number of allylic oxidation sites excluding steroid dienone is 2. The molecular weight excluding hydrogens is 533 g/mol. The smallest absolute Gasteiger partial charge is 0.416 e. The molecule has 1 heterocycles. The summed E-state index contributed by atoms with van der Waals surface area (Å²) >= 11 is 1.61. The molecule has 3 nitrogen and oxygen atoms in total. The Hall–Kier alpha value is -4.10. The summed E-state index contributed by atoms with van der Waals surface area (Å²) in [5, 5.41) is 0. The molecule has 4 aromatic carbocycles. The number of halogens is 3. The van der Waals surface area contributed by atoms with Crippen LogP contribution in [0.2, 0.25) is 0 Å². The lowest BCUT2D eigenvalue weighted by Gasteiger charge is -2.35. The zero-order valence-corrected chi connectivity index (χ0v) is 23.0. The average molecular weight is 561 g/mol. The molecule has 0 fully saturated rings. The van der Waals surface area contributed by atoms with E-state index in [0.717, 1.165) is 50.1 Å². The van der Waals surface area contributed by atoms with Gasteiger partial charge in [-0.05, 0) is 70.8 Å². The zero-order chi connectivity index (χ0) is 28.3. The summed E-state index contributed by atoms with van der Waals surface area (Å²) in [5.41, 5.74) is 1.98. The molecule has 0 atom stereocenters. The summed E-state index contributed by atoms with van der Waals surface area (Å²) in [7, 11) is 4.84. The average Bonchev–Trinajstić information content (AvgIpc) is 3.00. The molecule has 0 amide bonds. The highest BCUT2D eigenvalue weighted by Crippen LogP contribution is 2.52. The van der Waals surface area contributed by atoms with Gasteiger partial charge in [0.05, 0.1) is 32.3 Å². The van der Waals surface area contributed by atoms with Gasteiger partial charge >= 0.3 is 6.18 Å². The summed E-state index contributed by atoms with van der Waals surface area (Å²) in [6.45, 7) is 0. The zero-order valence-electron chi connectivity index (χ0n) is 22.2. The minimum atomic E-state index is -4.43. The first-order valence-corrected chi connectivity index (χ1v) is 13.3. The molecule has 0 saturated heterocycles. The summed E-state index contributed by atoms with van der Waals surface area (Å²) in [6.07, 6.45) is -0.184. The van der Waals surface area contributed by atoms with Gasteiger partial charge in [0.2, 0.25) is 0 Å². The maximum Gasteiger partial charge on any atom is 0.416 e. The molecule has 204 valence electrons. The van der Waals surface area contributed by atoms with Gasteiger partial charge in [-0.25, -0.2) is 0 Å². The third-order valence-electron chi connectivity index (χ3n) is 6.94. The van der Waals surface area contributed by atoms with Gasteiger partial charge in [-0.1, -0.05) is 72.4 Å². The molecular formula is C33H27F3O3S. The van der Waals surface area contributed by atoms with Crippen molar-refractivity contribution >= 4 is 21.6 Å². The molecule has 0 spiro atoms. The van der Waals surface area contributed by atoms with E-state index in [-0.39, 0.29) is 0 Å². The fourth-order valence-electron chi connectivity index (χ4n) is 4.73. The number of benzene rings is 4. The fourth-order valence-corrected chi connectivity index (χ4v) is 5.96. The molecule has 0 unspecified atom stereocenters. The van der Waals surface area contributed by atoms with Crippen LogP contribution in [-0.2, 0) is 11.6 Å². The Morgan fingerprint density at radius 3 is 1.23 bits per heavy atom. The summed E-state index contributed by atoms with van der Waals surface area (Å²) in [5.74, 6) is 2.16. The second kappa shape index (κ2) is 11.2. The predicted octanol–water partition coefficient (Wildman–Crippen LogP) is 8.85. The minimum absolute atomic E-state index is 0.690. The van der Waals surface area contributed by atoms with Crippen LogP contribution in [-0.4, -0.2) is 21.3 Å². The van der Waals surface area contributed by atoms with E-state index < -0.39 is 17.2 Å². The highest BCUT2D eigenvalue weighted by atomic mass is 32.2. The molecule has 0 N–H and O–H groups in total. The molecule has 0 saturated carbocycles. The van der Waals surface area contributed by atoms with E-state index in [2.05, 4.69) is 12.2 Å². The molecule has 1 aliphatic rings. The van der Waals surface area contributed by atoms with Crippen molar-refractivity contribution in [3.05, 3.63) is 137 Å². The van der Waals surface area contributed by atoms with Crippen LogP contribution in [0, 0.1) is 0 Å². The number of hydrogen-bond acceptors (Lipinski definition) is 4. The van der Waals surface area contributed by atoms with Crippen LogP contribution in [0.4, 0.5) is 13.2 Å². The Balaban J connectivity index is 1.76. The van der Waals surface area contributed by atoms with Crippen LogP contribution in [0.15, 0.2) is 109 Å². The molecule has 0 aromatic heterocycles. The standard InChI is InChI=1S/C33H27F3O3S/c1-37-27-14-4-22(5-15-27)30-20-32(25-12-18-29(39-3)19-13-25,24-8-10-26(11-9-24)33(34,35)36)21-31(40-30)23-6-16-28(38-2)17-7-23/h4-21H,1-3H3. The molecule has 40 heavy (non-hydrogen) atoms. The number of ether oxygens (including phenoxy) is 3. The molecule has 0 radical (unpaired) electrons. The second-order valence-corrected chi connectivity index (χ2v) is 10.3. The topological polar surface area (TPSA) is 27.7 Å². The lowest BCUT2D eigenvalue weighted by Crippen LogP contribution is -2.25. The van der Waals surface area contributed by atoms with Crippen LogP contribution < -0.4 is 14.2 Å². The van der Waals surface area contributed by atoms with Crippen molar-refractivity contribution in [1.29, 1.82) is 0 Å². The van der Waals surface area contributed by atoms with Crippen molar-refractivity contribution in [1.82, 2.24) is 0 Å². The van der Waals surface area contributed by atoms with Crippen molar-refractivity contribution in [2.24, 2.45) is 0 Å². The van der Waals surface area contributed by atoms with E-state index in [1.807, 2.05) is 72.8 Å². The maximum atomic E-state index is 13.5. The second-order valence-electron chi connectivity index (χ2n) is 9.25. The minimum Gasteiger partial charge on any atom is -0.497 e. The number of hydrogen-bond donors (Lipinski definition) is 0. The third-order valence-corrected chi connectivity index (χ3v) is 8.09. The SMILES string of the molecule is COc1ccc(C2=CC(c3ccc(OC)cc3)(c3ccc(C(F)(F)F)cc3)C=C(c3ccc(OC)cc3)S2)cc1. The molecule has 0 bridgehead atoms. The van der Waals surface area contributed by atoms with Gasteiger partial charge in [-0.3, -0.25) is 0 Å². The van der Waals surface area contributed by atoms with Gasteiger partial charge in [0.15, 0.2) is 0 Å². The number of alkyl halides is 3. The van der Waals surface area contributed by atoms with Gasteiger partial charge in [0.1, 0.15) is 17.2 Å². The van der Waals surface area contributed by atoms with Crippen molar-refractivity contribution in [3.63, 3.8) is 0 Å². The van der Waals surface area contributed by atoms with Crippen molar-refractivity contribution in [2.75, 3.05) is 21.3 Å². The van der Waals surface area contributed by atoms with E-state index >= 15 is 0 Å². The van der Waals surface area contributed by atoms with E-state index in [1.54, 1.807) is 45.2 Å². The van der Waals surface area contributed by atoms with Gasteiger partial charge in [-0.2, -0.15) is 13.2 Å². The Morgan fingerprint density at radius 2 is 0.875 bits per heavy atom. The first-order valence-electron chi connectivity index (χ1n) is 12.5. The van der Waals surface area contributed by atoms with Crippen LogP contribution in [0.3, 0.4) is 0 Å². The number of thioether (sulfide) groups is 1. The van der Waals surface area contributed by atoms with Crippen molar-refractivity contribution in [3.8, 4) is 17.2 Å².